The van der Waals surface area contributed by atoms with Crippen LogP contribution in [0.25, 0.3) is 5.70 Å². The van der Waals surface area contributed by atoms with Crippen LogP contribution in [0, 0.1) is 0 Å². The Morgan fingerprint density at radius 1 is 1.04 bits per heavy atom. The maximum atomic E-state index is 13.9. The number of alkyl halides is 3. The molecule has 0 radical (unpaired) electrons. The van der Waals surface area contributed by atoms with Crippen LogP contribution in [-0.2, 0) is 10.4 Å². The van der Waals surface area contributed by atoms with Gasteiger partial charge < -0.3 is 5.32 Å². The van der Waals surface area contributed by atoms with Gasteiger partial charge in [0, 0.05) is 28.2 Å². The molecule has 3 rings (SSSR count). The summed E-state index contributed by atoms with van der Waals surface area (Å²) in [4.78, 5) is 5.03. The Kier molecular flexibility index (Phi) is 5.05. The molecule has 0 aliphatic carbocycles. The summed E-state index contributed by atoms with van der Waals surface area (Å²) in [7, 11) is 1.66. The lowest BCUT2D eigenvalue weighted by Gasteiger charge is -2.28. The molecule has 1 unspecified atom stereocenters. The van der Waals surface area contributed by atoms with Gasteiger partial charge in [-0.15, -0.1) is 0 Å². The van der Waals surface area contributed by atoms with Crippen LogP contribution in [0.5, 0.6) is 0 Å². The van der Waals surface area contributed by atoms with Gasteiger partial charge in [0.2, 0.25) is 5.60 Å². The average Bonchev–Trinajstić information content (AvgIpc) is 3.01. The highest BCUT2D eigenvalue weighted by molar-refractivity contribution is 6.34. The zero-order valence-corrected chi connectivity index (χ0v) is 15.5. The molecule has 0 aromatic heterocycles. The van der Waals surface area contributed by atoms with Crippen LogP contribution >= 0.6 is 34.8 Å². The van der Waals surface area contributed by atoms with Gasteiger partial charge in [0.15, 0.2) is 0 Å². The molecule has 138 valence electrons. The smallest absolute Gasteiger partial charge is 0.387 e. The first-order chi connectivity index (χ1) is 12.2. The molecule has 0 saturated heterocycles. The lowest BCUT2D eigenvalue weighted by molar-refractivity contribution is -0.269. The Labute approximate surface area is 162 Å². The predicted molar refractivity (Wildman–Crippen MR) is 97.4 cm³/mol. The Hall–Kier alpha value is -1.60. The zero-order valence-electron chi connectivity index (χ0n) is 13.2. The number of benzene rings is 2. The molecule has 0 saturated carbocycles. The molecular formula is C17H12Cl3F3N2O. The van der Waals surface area contributed by atoms with Crippen molar-refractivity contribution in [2.24, 2.45) is 0 Å². The zero-order chi connectivity index (χ0) is 19.1. The van der Waals surface area contributed by atoms with Gasteiger partial charge in [0.1, 0.15) is 0 Å². The van der Waals surface area contributed by atoms with Crippen LogP contribution in [0.1, 0.15) is 11.1 Å². The molecule has 9 heteroatoms. The fourth-order valence-electron chi connectivity index (χ4n) is 2.64. The van der Waals surface area contributed by atoms with Crippen LogP contribution in [0.15, 0.2) is 42.5 Å². The van der Waals surface area contributed by atoms with E-state index in [1.807, 2.05) is 0 Å². The van der Waals surface area contributed by atoms with Crippen LogP contribution in [0.3, 0.4) is 0 Å². The Bertz CT molecular complexity index is 866. The van der Waals surface area contributed by atoms with Gasteiger partial charge >= 0.3 is 6.18 Å². The van der Waals surface area contributed by atoms with Gasteiger partial charge in [-0.3, -0.25) is 10.3 Å². The summed E-state index contributed by atoms with van der Waals surface area (Å²) < 4.78 is 41.8. The van der Waals surface area contributed by atoms with Gasteiger partial charge in [-0.1, -0.05) is 40.9 Å². The quantitative estimate of drug-likeness (QED) is 0.633. The number of hydrogen-bond donors (Lipinski definition) is 2. The maximum Gasteiger partial charge on any atom is 0.428 e. The van der Waals surface area contributed by atoms with E-state index in [0.29, 0.717) is 16.3 Å². The summed E-state index contributed by atoms with van der Waals surface area (Å²) in [5.41, 5.74) is 0.595. The Morgan fingerprint density at radius 3 is 2.27 bits per heavy atom. The number of halogens is 6. The van der Waals surface area contributed by atoms with E-state index in [4.69, 9.17) is 39.6 Å². The third-order valence-corrected chi connectivity index (χ3v) is 4.69. The van der Waals surface area contributed by atoms with E-state index in [1.54, 1.807) is 25.2 Å². The minimum Gasteiger partial charge on any atom is -0.387 e. The van der Waals surface area contributed by atoms with Crippen molar-refractivity contribution in [2.45, 2.75) is 11.8 Å². The van der Waals surface area contributed by atoms with Crippen molar-refractivity contribution in [2.75, 3.05) is 12.4 Å². The molecule has 0 spiro atoms. The molecule has 2 aromatic rings. The first-order valence-corrected chi connectivity index (χ1v) is 8.47. The molecule has 0 fully saturated rings. The maximum absolute atomic E-state index is 13.9. The van der Waals surface area contributed by atoms with Crippen molar-refractivity contribution < 1.29 is 18.0 Å². The van der Waals surface area contributed by atoms with Crippen molar-refractivity contribution in [1.29, 1.82) is 0 Å². The average molecular weight is 424 g/mol. The molecule has 0 amide bonds. The van der Waals surface area contributed by atoms with E-state index in [0.717, 1.165) is 6.08 Å². The largest absolute Gasteiger partial charge is 0.428 e. The highest BCUT2D eigenvalue weighted by Gasteiger charge is 2.59. The molecule has 0 bridgehead atoms. The van der Waals surface area contributed by atoms with Gasteiger partial charge in [0.05, 0.1) is 16.4 Å². The summed E-state index contributed by atoms with van der Waals surface area (Å²) in [6, 6.07) is 8.47. The monoisotopic (exact) mass is 422 g/mol. The summed E-state index contributed by atoms with van der Waals surface area (Å²) in [6.45, 7) is 0. The van der Waals surface area contributed by atoms with Crippen LogP contribution in [0.4, 0.5) is 18.9 Å². The van der Waals surface area contributed by atoms with Crippen LogP contribution in [-0.4, -0.2) is 13.2 Å². The molecule has 1 heterocycles. The summed E-state index contributed by atoms with van der Waals surface area (Å²) in [5, 5.41) is 3.46. The molecule has 3 nitrogen and oxygen atoms in total. The van der Waals surface area contributed by atoms with Gasteiger partial charge in [-0.2, -0.15) is 13.2 Å². The first kappa shape index (κ1) is 19.2. The minimum absolute atomic E-state index is 0.0746. The van der Waals surface area contributed by atoms with E-state index >= 15 is 0 Å². The van der Waals surface area contributed by atoms with Crippen molar-refractivity contribution >= 4 is 46.2 Å². The van der Waals surface area contributed by atoms with Crippen molar-refractivity contribution in [1.82, 2.24) is 5.48 Å². The molecule has 2 aromatic carbocycles. The number of hydrogen-bond acceptors (Lipinski definition) is 3. The van der Waals surface area contributed by atoms with Crippen molar-refractivity contribution in [3.05, 3.63) is 68.7 Å². The topological polar surface area (TPSA) is 33.3 Å². The predicted octanol–water partition coefficient (Wildman–Crippen LogP) is 6.02. The van der Waals surface area contributed by atoms with Crippen molar-refractivity contribution in [3.8, 4) is 0 Å². The third kappa shape index (κ3) is 3.34. The molecule has 1 aliphatic rings. The van der Waals surface area contributed by atoms with E-state index in [9.17, 15) is 13.2 Å². The van der Waals surface area contributed by atoms with E-state index in [1.165, 1.54) is 18.2 Å². The Balaban J connectivity index is 2.14. The summed E-state index contributed by atoms with van der Waals surface area (Å²) >= 11 is 17.8. The van der Waals surface area contributed by atoms with E-state index in [-0.39, 0.29) is 21.3 Å². The number of hydroxylamine groups is 1. The SMILES string of the molecule is CNc1cc(C2=CC(c3cc(Cl)cc(Cl)c3)(C(F)(F)F)ON2)ccc1Cl. The fraction of sp³-hybridized carbons (Fsp3) is 0.176. The number of rotatable bonds is 3. The lowest BCUT2D eigenvalue weighted by atomic mass is 9.91. The summed E-state index contributed by atoms with van der Waals surface area (Å²) in [6.07, 6.45) is -3.80. The third-order valence-electron chi connectivity index (χ3n) is 3.93. The second-order valence-electron chi connectivity index (χ2n) is 5.60. The van der Waals surface area contributed by atoms with Crippen LogP contribution < -0.4 is 10.8 Å². The molecular weight excluding hydrogens is 412 g/mol. The van der Waals surface area contributed by atoms with E-state index < -0.39 is 11.8 Å². The molecule has 1 atom stereocenters. The number of nitrogens with one attached hydrogen (secondary N) is 2. The standard InChI is InChI=1S/C17H12Cl3F3N2O/c1-24-14-4-9(2-3-13(14)20)15-8-16(26-25-15,17(21,22)23)10-5-11(18)7-12(19)6-10/h2-8,24-25H,1H3. The number of anilines is 1. The molecule has 2 N–H and O–H groups in total. The minimum atomic E-state index is -4.76. The Morgan fingerprint density at radius 2 is 1.69 bits per heavy atom. The van der Waals surface area contributed by atoms with Gasteiger partial charge in [0.25, 0.3) is 0 Å². The lowest BCUT2D eigenvalue weighted by Crippen LogP contribution is -2.42. The second kappa shape index (κ2) is 6.85. The van der Waals surface area contributed by atoms with Gasteiger partial charge in [-0.25, -0.2) is 0 Å². The first-order valence-electron chi connectivity index (χ1n) is 7.34. The second-order valence-corrected chi connectivity index (χ2v) is 6.88. The highest BCUT2D eigenvalue weighted by Crippen LogP contribution is 2.48. The molecule has 26 heavy (non-hydrogen) atoms. The van der Waals surface area contributed by atoms with Crippen LogP contribution in [0.2, 0.25) is 15.1 Å². The normalized spacial score (nSPS) is 19.9. The highest BCUT2D eigenvalue weighted by atomic mass is 35.5. The summed E-state index contributed by atoms with van der Waals surface area (Å²) in [5.74, 6) is 0. The van der Waals surface area contributed by atoms with E-state index in [2.05, 4.69) is 10.8 Å². The van der Waals surface area contributed by atoms with Gasteiger partial charge in [-0.05, 0) is 36.4 Å². The van der Waals surface area contributed by atoms with Crippen molar-refractivity contribution in [3.63, 3.8) is 0 Å². The molecule has 1 aliphatic heterocycles. The fourth-order valence-corrected chi connectivity index (χ4v) is 3.38.